The first-order chi connectivity index (χ1) is 14.0. The Morgan fingerprint density at radius 3 is 2.45 bits per heavy atom. The maximum absolute atomic E-state index is 12.0. The van der Waals surface area contributed by atoms with Gasteiger partial charge in [-0.2, -0.15) is 0 Å². The fraction of sp³-hybridized carbons (Fsp3) is 0.273. The van der Waals surface area contributed by atoms with Crippen molar-refractivity contribution in [2.45, 2.75) is 19.3 Å². The van der Waals surface area contributed by atoms with E-state index in [4.69, 9.17) is 27.9 Å². The minimum absolute atomic E-state index is 0.370. The molecule has 152 valence electrons. The van der Waals surface area contributed by atoms with Gasteiger partial charge in [0.05, 0.1) is 0 Å². The van der Waals surface area contributed by atoms with Gasteiger partial charge in [0, 0.05) is 40.6 Å². The Kier molecular flexibility index (Phi) is 7.55. The van der Waals surface area contributed by atoms with Crippen LogP contribution in [0.5, 0.6) is 0 Å². The van der Waals surface area contributed by atoms with Crippen molar-refractivity contribution in [2.24, 2.45) is 0 Å². The minimum Gasteiger partial charge on any atom is -0.452 e. The standard InChI is InChI=1S/C22H22Cl2N2O3/c23-17-6-4-16(20(24)14-17)5-11-22(28)29-15-21(27)25-18-7-9-19(10-8-18)26-12-2-1-3-13-26/h4-11,14H,1-3,12-13,15H2,(H,25,27)/b11-5+. The number of benzene rings is 2. The Morgan fingerprint density at radius 1 is 1.03 bits per heavy atom. The lowest BCUT2D eigenvalue weighted by Gasteiger charge is -2.28. The molecule has 0 aromatic heterocycles. The summed E-state index contributed by atoms with van der Waals surface area (Å²) in [4.78, 5) is 26.2. The third-order valence-electron chi connectivity index (χ3n) is 4.58. The topological polar surface area (TPSA) is 58.6 Å². The molecule has 0 bridgehead atoms. The van der Waals surface area contributed by atoms with E-state index in [1.165, 1.54) is 31.4 Å². The normalized spacial score (nSPS) is 14.1. The highest BCUT2D eigenvalue weighted by Gasteiger charge is 2.11. The lowest BCUT2D eigenvalue weighted by molar-refractivity contribution is -0.142. The van der Waals surface area contributed by atoms with Crippen LogP contribution in [-0.4, -0.2) is 31.6 Å². The van der Waals surface area contributed by atoms with Gasteiger partial charge in [-0.25, -0.2) is 4.79 Å². The number of anilines is 2. The molecule has 1 saturated heterocycles. The quantitative estimate of drug-likeness (QED) is 0.504. The maximum atomic E-state index is 12.0. The number of hydrogen-bond donors (Lipinski definition) is 1. The number of carbonyl (C=O) groups excluding carboxylic acids is 2. The van der Waals surface area contributed by atoms with Gasteiger partial charge >= 0.3 is 5.97 Å². The molecular weight excluding hydrogens is 411 g/mol. The molecule has 0 unspecified atom stereocenters. The molecule has 0 atom stereocenters. The van der Waals surface area contributed by atoms with Gasteiger partial charge in [-0.15, -0.1) is 0 Å². The number of carbonyl (C=O) groups is 2. The van der Waals surface area contributed by atoms with Crippen molar-refractivity contribution in [2.75, 3.05) is 29.9 Å². The van der Waals surface area contributed by atoms with Gasteiger partial charge < -0.3 is 15.0 Å². The molecule has 0 spiro atoms. The molecule has 2 aromatic rings. The van der Waals surface area contributed by atoms with Crippen LogP contribution in [0.3, 0.4) is 0 Å². The van der Waals surface area contributed by atoms with Crippen molar-refractivity contribution >= 4 is 52.5 Å². The highest BCUT2D eigenvalue weighted by Crippen LogP contribution is 2.23. The van der Waals surface area contributed by atoms with Crippen LogP contribution >= 0.6 is 23.2 Å². The van der Waals surface area contributed by atoms with Crippen molar-refractivity contribution in [3.8, 4) is 0 Å². The molecule has 5 nitrogen and oxygen atoms in total. The van der Waals surface area contributed by atoms with Crippen LogP contribution in [0.2, 0.25) is 10.0 Å². The minimum atomic E-state index is -0.633. The summed E-state index contributed by atoms with van der Waals surface area (Å²) in [5.74, 6) is -1.03. The monoisotopic (exact) mass is 432 g/mol. The Bertz CT molecular complexity index is 891. The van der Waals surface area contributed by atoms with Crippen LogP contribution in [0.25, 0.3) is 6.08 Å². The number of rotatable bonds is 6. The first-order valence-corrected chi connectivity index (χ1v) is 10.2. The van der Waals surface area contributed by atoms with Crippen molar-refractivity contribution < 1.29 is 14.3 Å². The van der Waals surface area contributed by atoms with Gasteiger partial charge in [-0.05, 0) is 67.3 Å². The summed E-state index contributed by atoms with van der Waals surface area (Å²) in [7, 11) is 0. The van der Waals surface area contributed by atoms with Gasteiger partial charge in [-0.3, -0.25) is 4.79 Å². The van der Waals surface area contributed by atoms with E-state index in [2.05, 4.69) is 10.2 Å². The molecule has 1 amide bonds. The Labute approximate surface area is 180 Å². The molecule has 0 saturated carbocycles. The van der Waals surface area contributed by atoms with E-state index in [1.54, 1.807) is 18.2 Å². The molecule has 1 N–H and O–H groups in total. The van der Waals surface area contributed by atoms with E-state index >= 15 is 0 Å². The van der Waals surface area contributed by atoms with E-state index in [1.807, 2.05) is 24.3 Å². The van der Waals surface area contributed by atoms with E-state index in [9.17, 15) is 9.59 Å². The van der Waals surface area contributed by atoms with E-state index < -0.39 is 11.9 Å². The SMILES string of the molecule is O=C(COC(=O)/C=C/c1ccc(Cl)cc1Cl)Nc1ccc(N2CCCCC2)cc1. The molecule has 2 aromatic carbocycles. The Balaban J connectivity index is 1.45. The molecule has 29 heavy (non-hydrogen) atoms. The number of esters is 1. The zero-order valence-electron chi connectivity index (χ0n) is 15.9. The van der Waals surface area contributed by atoms with Crippen LogP contribution < -0.4 is 10.2 Å². The summed E-state index contributed by atoms with van der Waals surface area (Å²) in [5, 5.41) is 3.66. The molecule has 1 aliphatic heterocycles. The van der Waals surface area contributed by atoms with Gasteiger partial charge in [0.2, 0.25) is 0 Å². The summed E-state index contributed by atoms with van der Waals surface area (Å²) >= 11 is 11.9. The molecule has 1 aliphatic rings. The number of nitrogens with zero attached hydrogens (tertiary/aromatic N) is 1. The number of nitrogens with one attached hydrogen (secondary N) is 1. The number of piperidine rings is 1. The molecule has 3 rings (SSSR count). The highest BCUT2D eigenvalue weighted by atomic mass is 35.5. The summed E-state index contributed by atoms with van der Waals surface area (Å²) < 4.78 is 4.97. The van der Waals surface area contributed by atoms with Crippen LogP contribution in [-0.2, 0) is 14.3 Å². The summed E-state index contributed by atoms with van der Waals surface area (Å²) in [5.41, 5.74) is 2.45. The average molecular weight is 433 g/mol. The number of ether oxygens (including phenoxy) is 1. The third-order valence-corrected chi connectivity index (χ3v) is 5.14. The van der Waals surface area contributed by atoms with Crippen molar-refractivity contribution in [3.63, 3.8) is 0 Å². The lowest BCUT2D eigenvalue weighted by Crippen LogP contribution is -2.29. The molecule has 0 aliphatic carbocycles. The van der Waals surface area contributed by atoms with Gasteiger partial charge in [0.25, 0.3) is 5.91 Å². The molecule has 7 heteroatoms. The smallest absolute Gasteiger partial charge is 0.331 e. The Hall–Kier alpha value is -2.50. The van der Waals surface area contributed by atoms with E-state index in [-0.39, 0.29) is 6.61 Å². The van der Waals surface area contributed by atoms with Crippen LogP contribution in [0.15, 0.2) is 48.5 Å². The summed E-state index contributed by atoms with van der Waals surface area (Å²) in [6.45, 7) is 1.76. The zero-order chi connectivity index (χ0) is 20.6. The molecule has 1 heterocycles. The van der Waals surface area contributed by atoms with E-state index in [0.717, 1.165) is 18.8 Å². The van der Waals surface area contributed by atoms with Crippen molar-refractivity contribution in [3.05, 3.63) is 64.1 Å². The molecular formula is C22H22Cl2N2O3. The second-order valence-electron chi connectivity index (χ2n) is 6.75. The van der Waals surface area contributed by atoms with Crippen LogP contribution in [0, 0.1) is 0 Å². The average Bonchev–Trinajstić information content (AvgIpc) is 2.73. The number of halogens is 2. The predicted molar refractivity (Wildman–Crippen MR) is 118 cm³/mol. The fourth-order valence-corrected chi connectivity index (χ4v) is 3.56. The van der Waals surface area contributed by atoms with Gasteiger partial charge in [0.15, 0.2) is 6.61 Å². The van der Waals surface area contributed by atoms with Crippen molar-refractivity contribution in [1.29, 1.82) is 0 Å². The van der Waals surface area contributed by atoms with Gasteiger partial charge in [0.1, 0.15) is 0 Å². The zero-order valence-corrected chi connectivity index (χ0v) is 17.4. The molecule has 1 fully saturated rings. The predicted octanol–water partition coefficient (Wildman–Crippen LogP) is 5.18. The second-order valence-corrected chi connectivity index (χ2v) is 7.59. The first kappa shape index (κ1) is 21.2. The Morgan fingerprint density at radius 2 is 1.76 bits per heavy atom. The number of hydrogen-bond acceptors (Lipinski definition) is 4. The lowest BCUT2D eigenvalue weighted by atomic mass is 10.1. The van der Waals surface area contributed by atoms with Crippen LogP contribution in [0.4, 0.5) is 11.4 Å². The largest absolute Gasteiger partial charge is 0.452 e. The van der Waals surface area contributed by atoms with Crippen molar-refractivity contribution in [1.82, 2.24) is 0 Å². The third kappa shape index (κ3) is 6.51. The second kappa shape index (κ2) is 10.3. The summed E-state index contributed by atoms with van der Waals surface area (Å²) in [6.07, 6.45) is 6.43. The highest BCUT2D eigenvalue weighted by molar-refractivity contribution is 6.35. The maximum Gasteiger partial charge on any atom is 0.331 e. The van der Waals surface area contributed by atoms with E-state index in [0.29, 0.717) is 21.3 Å². The summed E-state index contributed by atoms with van der Waals surface area (Å²) in [6, 6.07) is 12.6. The number of amides is 1. The van der Waals surface area contributed by atoms with Gasteiger partial charge in [-0.1, -0.05) is 29.3 Å². The molecule has 0 radical (unpaired) electrons. The van der Waals surface area contributed by atoms with Crippen LogP contribution in [0.1, 0.15) is 24.8 Å². The first-order valence-electron chi connectivity index (χ1n) is 9.46. The fourth-order valence-electron chi connectivity index (χ4n) is 3.08.